The van der Waals surface area contributed by atoms with Crippen LogP contribution in [0.15, 0.2) is 78.3 Å². The number of fused-ring (bicyclic) bond motifs is 2. The van der Waals surface area contributed by atoms with Crippen molar-refractivity contribution in [3.63, 3.8) is 0 Å². The van der Waals surface area contributed by atoms with E-state index in [4.69, 9.17) is 47.2 Å². The Balaban J connectivity index is -0.000000166. The number of unbranched alkanes of at least 4 members (excludes halogenated alkanes) is 2. The SMILES string of the molecule is Nc1c[c-]cc2cc(S(=O)(=O)[O-])cc(S(=O)(=O)[O-])c12.O=S(=O)=O.O=S(=O)=O.[N-]=[N+]=NCCCCC(=O)Nc1c[c-]cc2cc(S(=O)(=O)[O-])cc(S(=O)(=O)[O-])c12.[N-]=[N+]=NCCCCC(=O)O.[Na+].[Na+].[Na+].[Na+].[Na+].[Na+]. The van der Waals surface area contributed by atoms with Crippen LogP contribution >= 0.6 is 0 Å². The Labute approximate surface area is 541 Å². The Morgan fingerprint density at radius 1 is 0.592 bits per heavy atom. The van der Waals surface area contributed by atoms with Crippen molar-refractivity contribution in [2.45, 2.75) is 58.1 Å². The maximum Gasteiger partial charge on any atom is 1.00 e. The topological polar surface area (TPSA) is 521 Å². The van der Waals surface area contributed by atoms with E-state index in [1.54, 1.807) is 0 Å². The first-order valence-electron chi connectivity index (χ1n) is 16.5. The average molecular weight is 1170 g/mol. The number of hydrogen-bond donors (Lipinski definition) is 3. The summed E-state index contributed by atoms with van der Waals surface area (Å²) in [5, 5.41) is 16.8. The molecule has 0 bridgehead atoms. The van der Waals surface area contributed by atoms with Gasteiger partial charge >= 0.3 is 205 Å². The van der Waals surface area contributed by atoms with Crippen LogP contribution in [0.3, 0.4) is 0 Å². The second kappa shape index (κ2) is 41.8. The molecule has 29 nitrogen and oxygen atoms in total. The number of nitrogens with one attached hydrogen (secondary N) is 1. The fourth-order valence-electron chi connectivity index (χ4n) is 4.64. The normalized spacial score (nSPS) is 9.92. The zero-order valence-electron chi connectivity index (χ0n) is 38.1. The summed E-state index contributed by atoms with van der Waals surface area (Å²) in [4.78, 5) is 23.6. The molecule has 0 aliphatic carbocycles. The molecule has 0 unspecified atom stereocenters. The summed E-state index contributed by atoms with van der Waals surface area (Å²) < 4.78 is 186. The molecule has 1 amide bonds. The second-order valence-corrected chi connectivity index (χ2v) is 17.8. The molecular weight excluding hydrogens is 1140 g/mol. The number of hydrogen-bond acceptors (Lipinski definition) is 23. The Morgan fingerprint density at radius 3 is 1.30 bits per heavy atom. The number of carboxylic acids is 1. The van der Waals surface area contributed by atoms with Crippen molar-refractivity contribution in [2.75, 3.05) is 24.1 Å². The molecular formula is C30H28N8Na6O21S6. The van der Waals surface area contributed by atoms with Crippen molar-refractivity contribution < 1.29 is 269 Å². The Kier molecular flexibility index (Phi) is 49.8. The van der Waals surface area contributed by atoms with Gasteiger partial charge < -0.3 is 34.4 Å². The summed E-state index contributed by atoms with van der Waals surface area (Å²) in [6.45, 7) is 0.612. The van der Waals surface area contributed by atoms with Crippen LogP contribution in [0.2, 0.25) is 0 Å². The van der Waals surface area contributed by atoms with Crippen molar-refractivity contribution in [3.05, 3.63) is 81.5 Å². The number of aliphatic carboxylic acids is 1. The van der Waals surface area contributed by atoms with Gasteiger partial charge in [0.25, 0.3) is 0 Å². The van der Waals surface area contributed by atoms with Crippen LogP contribution in [0, 0.1) is 12.1 Å². The predicted molar refractivity (Wildman–Crippen MR) is 213 cm³/mol. The van der Waals surface area contributed by atoms with Gasteiger partial charge in [-0.15, -0.1) is 36.0 Å². The number of carboxylic acid groups (broad SMARTS) is 1. The van der Waals surface area contributed by atoms with Crippen molar-refractivity contribution in [2.24, 2.45) is 10.2 Å². The number of carbonyl (C=O) groups excluding carboxylic acids is 1. The van der Waals surface area contributed by atoms with Crippen molar-refractivity contribution in [3.8, 4) is 0 Å². The van der Waals surface area contributed by atoms with Crippen molar-refractivity contribution in [1.82, 2.24) is 0 Å². The molecule has 71 heavy (non-hydrogen) atoms. The molecule has 0 aliphatic heterocycles. The van der Waals surface area contributed by atoms with E-state index in [1.807, 2.05) is 0 Å². The van der Waals surface area contributed by atoms with Gasteiger partial charge in [-0.3, -0.25) is 9.59 Å². The van der Waals surface area contributed by atoms with E-state index in [9.17, 15) is 61.5 Å². The maximum absolute atomic E-state index is 12.1. The first-order chi connectivity index (χ1) is 29.9. The van der Waals surface area contributed by atoms with Crippen LogP contribution < -0.4 is 188 Å². The third-order valence-corrected chi connectivity index (χ3v) is 10.4. The fraction of sp³-hybridized carbons (Fsp3) is 0.267. The molecule has 0 atom stereocenters. The van der Waals surface area contributed by atoms with Crippen molar-refractivity contribution in [1.29, 1.82) is 0 Å². The molecule has 0 aromatic heterocycles. The Hall–Kier alpha value is -0.360. The van der Waals surface area contributed by atoms with Gasteiger partial charge in [0, 0.05) is 55.3 Å². The van der Waals surface area contributed by atoms with Gasteiger partial charge in [-0.05, 0) is 48.9 Å². The summed E-state index contributed by atoms with van der Waals surface area (Å²) in [6, 6.07) is 12.8. The first kappa shape index (κ1) is 84.6. The second-order valence-electron chi connectivity index (χ2n) is 11.5. The molecule has 0 radical (unpaired) electrons. The molecule has 0 spiro atoms. The maximum atomic E-state index is 12.1. The number of nitrogen functional groups attached to an aromatic ring is 1. The third kappa shape index (κ3) is 36.3. The van der Waals surface area contributed by atoms with E-state index in [1.165, 1.54) is 24.3 Å². The molecule has 4 aromatic rings. The van der Waals surface area contributed by atoms with Gasteiger partial charge in [-0.2, -0.15) is 36.4 Å². The number of amides is 1. The predicted octanol–water partition coefficient (Wildman–Crippen LogP) is -16.5. The van der Waals surface area contributed by atoms with Gasteiger partial charge in [-0.1, -0.05) is 44.5 Å². The minimum absolute atomic E-state index is 0. The summed E-state index contributed by atoms with van der Waals surface area (Å²) >= 11 is 0. The van der Waals surface area contributed by atoms with Crippen LogP contribution in [0.25, 0.3) is 42.4 Å². The minimum atomic E-state index is -5.16. The quantitative estimate of drug-likeness (QED) is 0.0145. The number of azide groups is 2. The molecule has 0 saturated carbocycles. The van der Waals surface area contributed by atoms with Gasteiger partial charge in [0.15, 0.2) is 0 Å². The molecule has 41 heteroatoms. The molecule has 0 saturated heterocycles. The first-order valence-corrected chi connectivity index (χ1v) is 24.1. The smallest absolute Gasteiger partial charge is 0.744 e. The zero-order valence-corrected chi connectivity index (χ0v) is 55.0. The van der Waals surface area contributed by atoms with E-state index in [0.29, 0.717) is 44.4 Å². The largest absolute Gasteiger partial charge is 1.00 e. The molecule has 4 N–H and O–H groups in total. The summed E-state index contributed by atoms with van der Waals surface area (Å²) in [5.74, 6) is -1.31. The van der Waals surface area contributed by atoms with Crippen LogP contribution in [-0.4, -0.2) is 107 Å². The standard InChI is InChI=1S/C15H15N4O7S2.C10H8NO6S2.C5H9N3O2.6Na.2O3S/c16-19-17-7-2-1-6-14(20)18-12-5-3-4-10-8-11(27(21,22)23)9-13(15(10)12)28(24,25)26;11-8-3-1-2-6-4-7(18(12,13)14)5-9(10(6)8)19(15,16)17;6-8-7-4-2-1-3-5(9)10;;;;;;;2*1-4(2)3/h4-5,8-9H,1-2,6-7H2,(H,18,20)(H,21,22,23)(H,24,25,26);2-5H,11H2,(H,12,13,14)(H,15,16,17);1-4H2,(H,9,10);;;;;;;;/q2*-1;;6*+1;;/p-4. The zero-order chi connectivity index (χ0) is 50.3. The van der Waals surface area contributed by atoms with Gasteiger partial charge in [0.1, 0.15) is 40.5 Å². The minimum Gasteiger partial charge on any atom is -0.744 e. The Morgan fingerprint density at radius 2 is 0.944 bits per heavy atom. The number of benzene rings is 4. The van der Waals surface area contributed by atoms with E-state index < -0.39 is 93.1 Å². The third-order valence-electron chi connectivity index (χ3n) is 7.04. The number of nitrogens with zero attached hydrogens (tertiary/aromatic N) is 6. The summed E-state index contributed by atoms with van der Waals surface area (Å²) in [5.41, 5.74) is 21.4. The van der Waals surface area contributed by atoms with E-state index in [-0.39, 0.29) is 230 Å². The van der Waals surface area contributed by atoms with Crippen molar-refractivity contribution >= 4 is 106 Å². The molecule has 0 heterocycles. The molecule has 4 rings (SSSR count). The summed E-state index contributed by atoms with van der Waals surface area (Å²) in [6.07, 6.45) is 2.27. The van der Waals surface area contributed by atoms with Gasteiger partial charge in [-0.25, -0.2) is 33.7 Å². The van der Waals surface area contributed by atoms with E-state index in [2.05, 4.69) is 37.5 Å². The molecule has 356 valence electrons. The van der Waals surface area contributed by atoms with Crippen LogP contribution in [0.5, 0.6) is 0 Å². The number of rotatable bonds is 15. The van der Waals surface area contributed by atoms with Gasteiger partial charge in [0.2, 0.25) is 5.91 Å². The average Bonchev–Trinajstić information content (AvgIpc) is 3.15. The van der Waals surface area contributed by atoms with Crippen LogP contribution in [0.4, 0.5) is 11.4 Å². The van der Waals surface area contributed by atoms with Crippen LogP contribution in [-0.2, 0) is 71.3 Å². The molecule has 0 aliphatic rings. The summed E-state index contributed by atoms with van der Waals surface area (Å²) in [7, 11) is -26.3. The number of carbonyl (C=O) groups is 2. The number of nitrogens with two attached hydrogens (primary N) is 1. The Bertz CT molecular complexity index is 3160. The van der Waals surface area contributed by atoms with E-state index >= 15 is 0 Å². The number of anilines is 2. The molecule has 4 aromatic carbocycles. The molecule has 0 fully saturated rings. The van der Waals surface area contributed by atoms with Gasteiger partial charge in [0.05, 0.1) is 0 Å². The van der Waals surface area contributed by atoms with E-state index in [0.717, 1.165) is 12.1 Å². The monoisotopic (exact) mass is 1170 g/mol. The fourth-order valence-corrected chi connectivity index (χ4v) is 7.36. The van der Waals surface area contributed by atoms with Crippen LogP contribution in [0.1, 0.15) is 38.5 Å².